The fourth-order valence-electron chi connectivity index (χ4n) is 2.26. The van der Waals surface area contributed by atoms with Gasteiger partial charge in [-0.15, -0.1) is 5.10 Å². The second-order valence-electron chi connectivity index (χ2n) is 5.12. The molecule has 6 nitrogen and oxygen atoms in total. The summed E-state index contributed by atoms with van der Waals surface area (Å²) in [5.74, 6) is 2.11. The van der Waals surface area contributed by atoms with Gasteiger partial charge in [-0.1, -0.05) is 5.21 Å². The van der Waals surface area contributed by atoms with E-state index in [-0.39, 0.29) is 11.9 Å². The zero-order valence-electron chi connectivity index (χ0n) is 11.7. The summed E-state index contributed by atoms with van der Waals surface area (Å²) in [4.78, 5) is 16.6. The van der Waals surface area contributed by atoms with E-state index in [2.05, 4.69) is 15.2 Å². The molecule has 1 aromatic heterocycles. The fraction of sp³-hybridized carbons (Fsp3) is 0.750. The SMILES string of the molecule is CN(C)CC1CSCCCN1C(=O)c1cn(C)nn1. The molecule has 0 aromatic carbocycles. The molecule has 0 radical (unpaired) electrons. The van der Waals surface area contributed by atoms with E-state index in [9.17, 15) is 4.79 Å². The van der Waals surface area contributed by atoms with Crippen LogP contribution in [0.25, 0.3) is 0 Å². The highest BCUT2D eigenvalue weighted by Gasteiger charge is 2.28. The summed E-state index contributed by atoms with van der Waals surface area (Å²) < 4.78 is 1.57. The summed E-state index contributed by atoms with van der Waals surface area (Å²) in [6.45, 7) is 1.69. The van der Waals surface area contributed by atoms with Crippen LogP contribution in [0, 0.1) is 0 Å². The smallest absolute Gasteiger partial charge is 0.276 e. The number of carbonyl (C=O) groups is 1. The van der Waals surface area contributed by atoms with Crippen LogP contribution in [-0.4, -0.2) is 75.4 Å². The number of hydrogen-bond acceptors (Lipinski definition) is 5. The third-order valence-electron chi connectivity index (χ3n) is 3.10. The van der Waals surface area contributed by atoms with Crippen LogP contribution in [0.2, 0.25) is 0 Å². The molecule has 2 heterocycles. The third-order valence-corrected chi connectivity index (χ3v) is 4.30. The van der Waals surface area contributed by atoms with Crippen LogP contribution in [0.15, 0.2) is 6.20 Å². The van der Waals surface area contributed by atoms with Gasteiger partial charge in [-0.05, 0) is 26.3 Å². The minimum atomic E-state index is 0.00227. The Balaban J connectivity index is 2.14. The van der Waals surface area contributed by atoms with Crippen molar-refractivity contribution < 1.29 is 4.79 Å². The van der Waals surface area contributed by atoms with E-state index in [0.29, 0.717) is 5.69 Å². The Morgan fingerprint density at radius 3 is 3.00 bits per heavy atom. The molecule has 0 saturated carbocycles. The maximum atomic E-state index is 12.5. The Hall–Kier alpha value is -1.08. The first kappa shape index (κ1) is 14.3. The average Bonchev–Trinajstić information content (AvgIpc) is 2.65. The zero-order chi connectivity index (χ0) is 13.8. The lowest BCUT2D eigenvalue weighted by atomic mass is 10.2. The summed E-state index contributed by atoms with van der Waals surface area (Å²) in [6.07, 6.45) is 2.73. The summed E-state index contributed by atoms with van der Waals surface area (Å²) in [5, 5.41) is 7.78. The number of hydrogen-bond donors (Lipinski definition) is 0. The van der Waals surface area contributed by atoms with Gasteiger partial charge >= 0.3 is 0 Å². The Bertz CT molecular complexity index is 434. The molecular formula is C12H21N5OS. The molecule has 1 fully saturated rings. The lowest BCUT2D eigenvalue weighted by Gasteiger charge is -2.31. The molecule has 1 unspecified atom stereocenters. The van der Waals surface area contributed by atoms with Gasteiger partial charge in [0.25, 0.3) is 5.91 Å². The number of amides is 1. The minimum Gasteiger partial charge on any atom is -0.332 e. The number of carbonyl (C=O) groups excluding carboxylic acids is 1. The van der Waals surface area contributed by atoms with Crippen molar-refractivity contribution >= 4 is 17.7 Å². The van der Waals surface area contributed by atoms with Crippen LogP contribution in [0.1, 0.15) is 16.9 Å². The third kappa shape index (κ3) is 3.70. The Morgan fingerprint density at radius 1 is 1.58 bits per heavy atom. The van der Waals surface area contributed by atoms with Crippen molar-refractivity contribution in [3.63, 3.8) is 0 Å². The first-order valence-corrected chi connectivity index (χ1v) is 7.63. The molecule has 1 aliphatic rings. The molecule has 0 N–H and O–H groups in total. The van der Waals surface area contributed by atoms with E-state index in [4.69, 9.17) is 0 Å². The molecule has 0 spiro atoms. The van der Waals surface area contributed by atoms with Crippen LogP contribution in [0.3, 0.4) is 0 Å². The standard InChI is InChI=1S/C12H21N5OS/c1-15(2)7-10-9-19-6-4-5-17(10)12(18)11-8-16(3)14-13-11/h8,10H,4-7,9H2,1-3H3. The van der Waals surface area contributed by atoms with Gasteiger partial charge < -0.3 is 9.80 Å². The molecule has 1 aliphatic heterocycles. The topological polar surface area (TPSA) is 54.3 Å². The molecule has 1 atom stereocenters. The van der Waals surface area contributed by atoms with Gasteiger partial charge in [-0.25, -0.2) is 0 Å². The number of aryl methyl sites for hydroxylation is 1. The lowest BCUT2D eigenvalue weighted by Crippen LogP contribution is -2.46. The molecule has 0 aliphatic carbocycles. The molecule has 7 heteroatoms. The maximum Gasteiger partial charge on any atom is 0.276 e. The van der Waals surface area contributed by atoms with Crippen LogP contribution in [0.4, 0.5) is 0 Å². The first-order valence-electron chi connectivity index (χ1n) is 6.47. The van der Waals surface area contributed by atoms with Crippen LogP contribution in [-0.2, 0) is 7.05 Å². The molecule has 106 valence electrons. The fourth-order valence-corrected chi connectivity index (χ4v) is 3.32. The number of likely N-dealkylation sites (N-methyl/N-ethyl adjacent to an activating group) is 1. The monoisotopic (exact) mass is 283 g/mol. The van der Waals surface area contributed by atoms with Crippen molar-refractivity contribution in [2.45, 2.75) is 12.5 Å². The van der Waals surface area contributed by atoms with E-state index < -0.39 is 0 Å². The predicted molar refractivity (Wildman–Crippen MR) is 76.3 cm³/mol. The normalized spacial score (nSPS) is 20.6. The van der Waals surface area contributed by atoms with Gasteiger partial charge in [0, 0.05) is 25.9 Å². The van der Waals surface area contributed by atoms with Gasteiger partial charge in [0.15, 0.2) is 5.69 Å². The maximum absolute atomic E-state index is 12.5. The van der Waals surface area contributed by atoms with E-state index in [1.54, 1.807) is 17.9 Å². The molecule has 1 amide bonds. The van der Waals surface area contributed by atoms with Gasteiger partial charge in [-0.2, -0.15) is 11.8 Å². The zero-order valence-corrected chi connectivity index (χ0v) is 12.6. The number of thioether (sulfide) groups is 1. The van der Waals surface area contributed by atoms with Crippen molar-refractivity contribution in [3.05, 3.63) is 11.9 Å². The largest absolute Gasteiger partial charge is 0.332 e. The molecule has 19 heavy (non-hydrogen) atoms. The number of rotatable bonds is 3. The van der Waals surface area contributed by atoms with Crippen LogP contribution < -0.4 is 0 Å². The van der Waals surface area contributed by atoms with Gasteiger partial charge in [0.1, 0.15) is 0 Å². The average molecular weight is 283 g/mol. The molecule has 2 rings (SSSR count). The van der Waals surface area contributed by atoms with Gasteiger partial charge in [-0.3, -0.25) is 9.48 Å². The lowest BCUT2D eigenvalue weighted by molar-refractivity contribution is 0.0669. The summed E-state index contributed by atoms with van der Waals surface area (Å²) in [5.41, 5.74) is 0.443. The van der Waals surface area contributed by atoms with Crippen LogP contribution in [0.5, 0.6) is 0 Å². The quantitative estimate of drug-likeness (QED) is 0.800. The Kier molecular flexibility index (Phi) is 4.81. The summed E-state index contributed by atoms with van der Waals surface area (Å²) >= 11 is 1.93. The highest BCUT2D eigenvalue weighted by molar-refractivity contribution is 7.99. The van der Waals surface area contributed by atoms with Crippen molar-refractivity contribution in [2.24, 2.45) is 7.05 Å². The second-order valence-corrected chi connectivity index (χ2v) is 6.27. The van der Waals surface area contributed by atoms with E-state index in [1.165, 1.54) is 0 Å². The molecular weight excluding hydrogens is 262 g/mol. The minimum absolute atomic E-state index is 0.00227. The summed E-state index contributed by atoms with van der Waals surface area (Å²) in [7, 11) is 5.86. The first-order chi connectivity index (χ1) is 9.08. The van der Waals surface area contributed by atoms with Gasteiger partial charge in [0.05, 0.1) is 12.2 Å². The Morgan fingerprint density at radius 2 is 2.37 bits per heavy atom. The van der Waals surface area contributed by atoms with Crippen molar-refractivity contribution in [2.75, 3.05) is 38.7 Å². The highest BCUT2D eigenvalue weighted by atomic mass is 32.2. The molecule has 1 aromatic rings. The van der Waals surface area contributed by atoms with Crippen molar-refractivity contribution in [1.82, 2.24) is 24.8 Å². The summed E-state index contributed by atoms with van der Waals surface area (Å²) in [6, 6.07) is 0.247. The van der Waals surface area contributed by atoms with E-state index in [0.717, 1.165) is 31.0 Å². The van der Waals surface area contributed by atoms with Crippen LogP contribution >= 0.6 is 11.8 Å². The number of nitrogens with zero attached hydrogens (tertiary/aromatic N) is 5. The van der Waals surface area contributed by atoms with E-state index >= 15 is 0 Å². The molecule has 1 saturated heterocycles. The van der Waals surface area contributed by atoms with Crippen molar-refractivity contribution in [1.29, 1.82) is 0 Å². The Labute approximate surface area is 118 Å². The van der Waals surface area contributed by atoms with Crippen molar-refractivity contribution in [3.8, 4) is 0 Å². The van der Waals surface area contributed by atoms with Gasteiger partial charge in [0.2, 0.25) is 0 Å². The highest BCUT2D eigenvalue weighted by Crippen LogP contribution is 2.18. The van der Waals surface area contributed by atoms with E-state index in [1.807, 2.05) is 30.8 Å². The predicted octanol–water partition coefficient (Wildman–Crippen LogP) is 0.324. The second kappa shape index (κ2) is 6.38. The molecule has 0 bridgehead atoms. The number of aromatic nitrogens is 3.